The number of halogens is 1. The average Bonchev–Trinajstić information content (AvgIpc) is 2.39. The number of anilines is 1. The van der Waals surface area contributed by atoms with Crippen LogP contribution in [0.4, 0.5) is 11.5 Å². The van der Waals surface area contributed by atoms with Gasteiger partial charge in [-0.2, -0.15) is 0 Å². The van der Waals surface area contributed by atoms with Gasteiger partial charge in [0.1, 0.15) is 5.82 Å². The molecule has 19 heavy (non-hydrogen) atoms. The van der Waals surface area contributed by atoms with Gasteiger partial charge in [-0.1, -0.05) is 29.8 Å². The van der Waals surface area contributed by atoms with Crippen molar-refractivity contribution >= 4 is 23.1 Å². The van der Waals surface area contributed by atoms with E-state index in [0.717, 1.165) is 5.56 Å². The van der Waals surface area contributed by atoms with E-state index in [9.17, 15) is 10.1 Å². The Hall–Kier alpha value is -2.14. The molecule has 98 valence electrons. The van der Waals surface area contributed by atoms with E-state index in [-0.39, 0.29) is 11.7 Å². The fourth-order valence-electron chi connectivity index (χ4n) is 1.74. The zero-order valence-corrected chi connectivity index (χ0v) is 11.0. The third-order valence-corrected chi connectivity index (χ3v) is 3.03. The van der Waals surface area contributed by atoms with Crippen molar-refractivity contribution in [3.05, 3.63) is 63.3 Å². The van der Waals surface area contributed by atoms with Gasteiger partial charge < -0.3 is 5.32 Å². The summed E-state index contributed by atoms with van der Waals surface area (Å²) in [5.74, 6) is 0.446. The molecule has 0 amide bonds. The molecule has 1 aromatic heterocycles. The normalized spacial score (nSPS) is 11.9. The minimum Gasteiger partial charge on any atom is -0.363 e. The minimum atomic E-state index is -0.451. The lowest BCUT2D eigenvalue weighted by atomic mass is 10.1. The van der Waals surface area contributed by atoms with Gasteiger partial charge in [0, 0.05) is 17.3 Å². The van der Waals surface area contributed by atoms with Crippen LogP contribution in [0.2, 0.25) is 5.02 Å². The minimum absolute atomic E-state index is 0.00357. The van der Waals surface area contributed by atoms with Gasteiger partial charge in [0.05, 0.1) is 17.0 Å². The molecule has 0 saturated heterocycles. The number of nitro groups is 1. The van der Waals surface area contributed by atoms with E-state index < -0.39 is 4.92 Å². The maximum absolute atomic E-state index is 10.7. The lowest BCUT2D eigenvalue weighted by molar-refractivity contribution is -0.384. The van der Waals surface area contributed by atoms with E-state index in [1.165, 1.54) is 18.3 Å². The molecular weight excluding hydrogens is 266 g/mol. The number of hydrogen-bond acceptors (Lipinski definition) is 4. The van der Waals surface area contributed by atoms with Gasteiger partial charge in [0.2, 0.25) is 0 Å². The zero-order valence-electron chi connectivity index (χ0n) is 10.2. The molecule has 0 spiro atoms. The van der Waals surface area contributed by atoms with Crippen LogP contribution >= 0.6 is 11.6 Å². The Morgan fingerprint density at radius 3 is 2.79 bits per heavy atom. The second-order valence-electron chi connectivity index (χ2n) is 4.04. The molecule has 1 heterocycles. The molecule has 2 aromatic rings. The van der Waals surface area contributed by atoms with Crippen molar-refractivity contribution in [2.24, 2.45) is 0 Å². The highest BCUT2D eigenvalue weighted by Gasteiger charge is 2.12. The zero-order chi connectivity index (χ0) is 13.8. The maximum atomic E-state index is 10.7. The number of aromatic nitrogens is 1. The summed E-state index contributed by atoms with van der Waals surface area (Å²) in [5.41, 5.74) is 0.918. The van der Waals surface area contributed by atoms with Gasteiger partial charge in [-0.3, -0.25) is 10.1 Å². The van der Waals surface area contributed by atoms with Crippen LogP contribution in [0.15, 0.2) is 42.6 Å². The van der Waals surface area contributed by atoms with Crippen molar-refractivity contribution in [3.8, 4) is 0 Å². The van der Waals surface area contributed by atoms with E-state index >= 15 is 0 Å². The number of nitrogens with one attached hydrogen (secondary N) is 1. The summed E-state index contributed by atoms with van der Waals surface area (Å²) < 4.78 is 0. The van der Waals surface area contributed by atoms with Crippen molar-refractivity contribution in [1.29, 1.82) is 0 Å². The predicted octanol–water partition coefficient (Wildman–Crippen LogP) is 3.82. The van der Waals surface area contributed by atoms with E-state index in [0.29, 0.717) is 10.8 Å². The summed E-state index contributed by atoms with van der Waals surface area (Å²) in [4.78, 5) is 14.3. The first-order valence-corrected chi connectivity index (χ1v) is 6.07. The summed E-state index contributed by atoms with van der Waals surface area (Å²) in [6.45, 7) is 1.92. The molecule has 1 aromatic carbocycles. The molecule has 0 fully saturated rings. The third-order valence-electron chi connectivity index (χ3n) is 2.69. The Labute approximate surface area is 115 Å². The highest BCUT2D eigenvalue weighted by atomic mass is 35.5. The molecule has 0 saturated carbocycles. The van der Waals surface area contributed by atoms with Crippen LogP contribution in [0.25, 0.3) is 0 Å². The van der Waals surface area contributed by atoms with E-state index in [4.69, 9.17) is 11.6 Å². The number of nitrogens with zero attached hydrogens (tertiary/aromatic N) is 2. The van der Waals surface area contributed by atoms with Crippen molar-refractivity contribution in [3.63, 3.8) is 0 Å². The first kappa shape index (κ1) is 13.3. The summed E-state index contributed by atoms with van der Waals surface area (Å²) >= 11 is 6.10. The second-order valence-corrected chi connectivity index (χ2v) is 4.45. The topological polar surface area (TPSA) is 68.1 Å². The number of hydrogen-bond donors (Lipinski definition) is 1. The van der Waals surface area contributed by atoms with Gasteiger partial charge in [-0.25, -0.2) is 4.98 Å². The average molecular weight is 278 g/mol. The van der Waals surface area contributed by atoms with Crippen LogP contribution in [0, 0.1) is 10.1 Å². The van der Waals surface area contributed by atoms with Crippen molar-refractivity contribution in [2.75, 3.05) is 5.32 Å². The Kier molecular flexibility index (Phi) is 3.97. The Morgan fingerprint density at radius 2 is 2.11 bits per heavy atom. The van der Waals surface area contributed by atoms with Gasteiger partial charge in [0.15, 0.2) is 0 Å². The molecule has 1 atom stereocenters. The molecule has 0 aliphatic heterocycles. The maximum Gasteiger partial charge on any atom is 0.274 e. The number of rotatable bonds is 4. The number of benzene rings is 1. The molecule has 0 bridgehead atoms. The van der Waals surface area contributed by atoms with Crippen LogP contribution < -0.4 is 5.32 Å². The van der Waals surface area contributed by atoms with E-state index in [1.54, 1.807) is 6.07 Å². The Morgan fingerprint density at radius 1 is 1.37 bits per heavy atom. The smallest absolute Gasteiger partial charge is 0.274 e. The molecular formula is C13H12ClN3O2. The highest BCUT2D eigenvalue weighted by molar-refractivity contribution is 6.31. The molecule has 5 nitrogen and oxygen atoms in total. The van der Waals surface area contributed by atoms with E-state index in [1.807, 2.05) is 25.1 Å². The van der Waals surface area contributed by atoms with Gasteiger partial charge in [-0.05, 0) is 18.6 Å². The fourth-order valence-corrected chi connectivity index (χ4v) is 2.04. The second kappa shape index (κ2) is 5.67. The summed E-state index contributed by atoms with van der Waals surface area (Å²) in [6.07, 6.45) is 1.40. The van der Waals surface area contributed by atoms with Gasteiger partial charge >= 0.3 is 0 Å². The van der Waals surface area contributed by atoms with Crippen LogP contribution in [0.3, 0.4) is 0 Å². The molecule has 6 heteroatoms. The fraction of sp³-hybridized carbons (Fsp3) is 0.154. The first-order valence-electron chi connectivity index (χ1n) is 5.69. The lowest BCUT2D eigenvalue weighted by Gasteiger charge is -2.15. The molecule has 1 N–H and O–H groups in total. The van der Waals surface area contributed by atoms with Crippen molar-refractivity contribution in [2.45, 2.75) is 13.0 Å². The lowest BCUT2D eigenvalue weighted by Crippen LogP contribution is -2.08. The standard InChI is InChI=1S/C13H12ClN3O2/c1-9(11-4-2-3-5-12(11)14)16-13-8-10(17(18)19)6-7-15-13/h2-9H,1H3,(H,15,16). The highest BCUT2D eigenvalue weighted by Crippen LogP contribution is 2.25. The van der Waals surface area contributed by atoms with Crippen molar-refractivity contribution < 1.29 is 4.92 Å². The largest absolute Gasteiger partial charge is 0.363 e. The Balaban J connectivity index is 2.19. The summed E-state index contributed by atoms with van der Waals surface area (Å²) in [7, 11) is 0. The van der Waals surface area contributed by atoms with Gasteiger partial charge in [0.25, 0.3) is 5.69 Å². The molecule has 2 rings (SSSR count). The molecule has 1 unspecified atom stereocenters. The molecule has 0 aliphatic carbocycles. The van der Waals surface area contributed by atoms with E-state index in [2.05, 4.69) is 10.3 Å². The Bertz CT molecular complexity index is 604. The number of pyridine rings is 1. The monoisotopic (exact) mass is 277 g/mol. The molecule has 0 radical (unpaired) electrons. The third kappa shape index (κ3) is 3.20. The quantitative estimate of drug-likeness (QED) is 0.681. The predicted molar refractivity (Wildman–Crippen MR) is 74.4 cm³/mol. The SMILES string of the molecule is CC(Nc1cc([N+](=O)[O-])ccn1)c1ccccc1Cl. The summed E-state index contributed by atoms with van der Waals surface area (Å²) in [5, 5.41) is 14.4. The van der Waals surface area contributed by atoms with Crippen LogP contribution in [-0.2, 0) is 0 Å². The first-order chi connectivity index (χ1) is 9.08. The van der Waals surface area contributed by atoms with Crippen LogP contribution in [0.5, 0.6) is 0 Å². The van der Waals surface area contributed by atoms with Crippen LogP contribution in [0.1, 0.15) is 18.5 Å². The van der Waals surface area contributed by atoms with Crippen molar-refractivity contribution in [1.82, 2.24) is 4.98 Å². The molecule has 0 aliphatic rings. The van der Waals surface area contributed by atoms with Gasteiger partial charge in [-0.15, -0.1) is 0 Å². The summed E-state index contributed by atoms with van der Waals surface area (Å²) in [6, 6.07) is 10.1. The van der Waals surface area contributed by atoms with Crippen LogP contribution in [-0.4, -0.2) is 9.91 Å².